The number of ketones is 1. The van der Waals surface area contributed by atoms with Gasteiger partial charge in [0, 0.05) is 13.0 Å². The summed E-state index contributed by atoms with van der Waals surface area (Å²) in [6.45, 7) is 4.03. The zero-order chi connectivity index (χ0) is 18.3. The van der Waals surface area contributed by atoms with E-state index in [-0.39, 0.29) is 12.4 Å². The second-order valence-corrected chi connectivity index (χ2v) is 9.91. The highest BCUT2D eigenvalue weighted by atomic mass is 35.5. The predicted octanol–water partition coefficient (Wildman–Crippen LogP) is 5.37. The maximum absolute atomic E-state index is 13.3. The third-order valence-electron chi connectivity index (χ3n) is 7.75. The highest BCUT2D eigenvalue weighted by Gasteiger charge is 2.51. The van der Waals surface area contributed by atoms with E-state index in [0.717, 1.165) is 42.0 Å². The quantitative estimate of drug-likeness (QED) is 0.573. The minimum atomic E-state index is 0. The highest BCUT2D eigenvalue weighted by molar-refractivity contribution is 5.99. The lowest BCUT2D eigenvalue weighted by Gasteiger charge is -2.56. The lowest BCUT2D eigenvalue weighted by atomic mass is 9.48. The molecule has 1 aromatic carbocycles. The molecular weight excluding hydrogens is 370 g/mol. The maximum atomic E-state index is 13.3. The Bertz CT molecular complexity index is 662. The summed E-state index contributed by atoms with van der Waals surface area (Å²) < 4.78 is 6.08. The topological polar surface area (TPSA) is 29.5 Å². The van der Waals surface area contributed by atoms with E-state index in [1.54, 1.807) is 0 Å². The number of hydrogen-bond donors (Lipinski definition) is 0. The van der Waals surface area contributed by atoms with Crippen LogP contribution in [0.3, 0.4) is 0 Å². The number of carbonyl (C=O) groups is 1. The molecule has 154 valence electrons. The Balaban J connectivity index is 0.00000192. The molecule has 0 atom stereocenters. The summed E-state index contributed by atoms with van der Waals surface area (Å²) in [6.07, 6.45) is 11.5. The fourth-order valence-corrected chi connectivity index (χ4v) is 7.06. The van der Waals surface area contributed by atoms with E-state index < -0.39 is 0 Å². The van der Waals surface area contributed by atoms with Crippen LogP contribution in [-0.4, -0.2) is 36.9 Å². The number of carbonyl (C=O) groups excluding carboxylic acids is 1. The first-order valence-corrected chi connectivity index (χ1v) is 11.2. The van der Waals surface area contributed by atoms with Crippen LogP contribution in [0.1, 0.15) is 68.1 Å². The van der Waals surface area contributed by atoms with Crippen molar-refractivity contribution in [3.63, 3.8) is 0 Å². The molecule has 4 bridgehead atoms. The number of halogens is 1. The standard InChI is InChI=1S/C24H33NO2.ClH/c26-22(17-24-14-18-11-19(15-24)13-20(12-18)16-24)21-5-1-2-6-23(21)27-10-9-25-7-3-4-8-25;/h1-2,5-6,18-20H,3-4,7-17H2;1H. The molecule has 5 aliphatic rings. The average molecular weight is 404 g/mol. The van der Waals surface area contributed by atoms with E-state index in [1.807, 2.05) is 24.3 Å². The molecule has 0 aromatic heterocycles. The first-order valence-electron chi connectivity index (χ1n) is 11.2. The molecular formula is C24H34ClNO2. The van der Waals surface area contributed by atoms with Crippen molar-refractivity contribution in [2.24, 2.45) is 23.2 Å². The normalized spacial score (nSPS) is 33.6. The van der Waals surface area contributed by atoms with E-state index in [4.69, 9.17) is 4.74 Å². The molecule has 4 aliphatic carbocycles. The van der Waals surface area contributed by atoms with Crippen LogP contribution < -0.4 is 4.74 Å². The summed E-state index contributed by atoms with van der Waals surface area (Å²) in [4.78, 5) is 15.7. The van der Waals surface area contributed by atoms with Gasteiger partial charge < -0.3 is 4.74 Å². The molecule has 1 heterocycles. The van der Waals surface area contributed by atoms with Crippen molar-refractivity contribution in [3.8, 4) is 5.75 Å². The van der Waals surface area contributed by atoms with Crippen LogP contribution in [0, 0.1) is 23.2 Å². The zero-order valence-corrected chi connectivity index (χ0v) is 17.7. The van der Waals surface area contributed by atoms with Crippen molar-refractivity contribution in [3.05, 3.63) is 29.8 Å². The highest BCUT2D eigenvalue weighted by Crippen LogP contribution is 2.61. The Morgan fingerprint density at radius 3 is 2.25 bits per heavy atom. The lowest BCUT2D eigenvalue weighted by Crippen LogP contribution is -2.46. The van der Waals surface area contributed by atoms with Crippen molar-refractivity contribution in [1.82, 2.24) is 4.90 Å². The van der Waals surface area contributed by atoms with Gasteiger partial charge in [-0.25, -0.2) is 0 Å². The number of likely N-dealkylation sites (tertiary alicyclic amines) is 1. The van der Waals surface area contributed by atoms with Crippen LogP contribution in [0.5, 0.6) is 5.75 Å². The molecule has 4 heteroatoms. The zero-order valence-electron chi connectivity index (χ0n) is 16.9. The third kappa shape index (κ3) is 4.11. The van der Waals surface area contributed by atoms with Gasteiger partial charge >= 0.3 is 0 Å². The Morgan fingerprint density at radius 1 is 1.00 bits per heavy atom. The fraction of sp³-hybridized carbons (Fsp3) is 0.708. The van der Waals surface area contributed by atoms with Crippen LogP contribution in [0.25, 0.3) is 0 Å². The van der Waals surface area contributed by atoms with Crippen LogP contribution in [0.2, 0.25) is 0 Å². The Morgan fingerprint density at radius 2 is 1.61 bits per heavy atom. The Kier molecular flexibility index (Phi) is 6.04. The maximum Gasteiger partial charge on any atom is 0.167 e. The van der Waals surface area contributed by atoms with E-state index in [0.29, 0.717) is 17.8 Å². The van der Waals surface area contributed by atoms with Crippen molar-refractivity contribution in [1.29, 1.82) is 0 Å². The van der Waals surface area contributed by atoms with Gasteiger partial charge in [0.05, 0.1) is 5.56 Å². The van der Waals surface area contributed by atoms with Crippen LogP contribution in [0.4, 0.5) is 0 Å². The van der Waals surface area contributed by atoms with Gasteiger partial charge in [-0.1, -0.05) is 12.1 Å². The number of ether oxygens (including phenoxy) is 1. The minimum absolute atomic E-state index is 0. The first-order chi connectivity index (χ1) is 13.2. The third-order valence-corrected chi connectivity index (χ3v) is 7.75. The second kappa shape index (κ2) is 8.36. The molecule has 0 radical (unpaired) electrons. The van der Waals surface area contributed by atoms with Gasteiger partial charge in [0.1, 0.15) is 12.4 Å². The summed E-state index contributed by atoms with van der Waals surface area (Å²) in [5, 5.41) is 0. The number of para-hydroxylation sites is 1. The average Bonchev–Trinajstić information content (AvgIpc) is 3.14. The molecule has 4 saturated carbocycles. The molecule has 28 heavy (non-hydrogen) atoms. The first kappa shape index (κ1) is 20.2. The summed E-state index contributed by atoms with van der Waals surface area (Å²) in [6, 6.07) is 7.94. The molecule has 5 fully saturated rings. The largest absolute Gasteiger partial charge is 0.491 e. The van der Waals surface area contributed by atoms with E-state index in [9.17, 15) is 4.79 Å². The molecule has 0 N–H and O–H groups in total. The summed E-state index contributed by atoms with van der Waals surface area (Å²) in [7, 11) is 0. The Labute approximate surface area is 175 Å². The Hall–Kier alpha value is -1.06. The summed E-state index contributed by atoms with van der Waals surface area (Å²) in [5.74, 6) is 3.81. The monoisotopic (exact) mass is 403 g/mol. The van der Waals surface area contributed by atoms with Gasteiger partial charge in [-0.2, -0.15) is 0 Å². The molecule has 6 rings (SSSR count). The van der Waals surface area contributed by atoms with Gasteiger partial charge in [0.25, 0.3) is 0 Å². The van der Waals surface area contributed by atoms with Gasteiger partial charge in [-0.05, 0) is 99.8 Å². The number of rotatable bonds is 7. The van der Waals surface area contributed by atoms with Crippen LogP contribution in [0.15, 0.2) is 24.3 Å². The van der Waals surface area contributed by atoms with Gasteiger partial charge in [-0.3, -0.25) is 9.69 Å². The lowest BCUT2D eigenvalue weighted by molar-refractivity contribution is -0.0524. The smallest absolute Gasteiger partial charge is 0.167 e. The van der Waals surface area contributed by atoms with Gasteiger partial charge in [0.2, 0.25) is 0 Å². The molecule has 0 amide bonds. The number of Topliss-reactive ketones (excluding diaryl/α,β-unsaturated/α-hetero) is 1. The van der Waals surface area contributed by atoms with E-state index in [2.05, 4.69) is 4.90 Å². The van der Waals surface area contributed by atoms with Gasteiger partial charge in [-0.15, -0.1) is 12.4 Å². The minimum Gasteiger partial charge on any atom is -0.491 e. The van der Waals surface area contributed by atoms with Crippen molar-refractivity contribution >= 4 is 18.2 Å². The number of benzene rings is 1. The van der Waals surface area contributed by atoms with Gasteiger partial charge in [0.15, 0.2) is 5.78 Å². The molecule has 0 spiro atoms. The van der Waals surface area contributed by atoms with Crippen LogP contribution in [-0.2, 0) is 0 Å². The fourth-order valence-electron chi connectivity index (χ4n) is 7.06. The molecule has 3 nitrogen and oxygen atoms in total. The SMILES string of the molecule is Cl.O=C(CC12CC3CC(CC(C3)C1)C2)c1ccccc1OCCN1CCCC1. The second-order valence-electron chi connectivity index (χ2n) is 9.91. The number of nitrogens with zero attached hydrogens (tertiary/aromatic N) is 1. The van der Waals surface area contributed by atoms with Crippen molar-refractivity contribution in [2.45, 2.75) is 57.8 Å². The molecule has 0 unspecified atom stereocenters. The van der Waals surface area contributed by atoms with Crippen molar-refractivity contribution in [2.75, 3.05) is 26.2 Å². The molecule has 1 saturated heterocycles. The van der Waals surface area contributed by atoms with E-state index >= 15 is 0 Å². The predicted molar refractivity (Wildman–Crippen MR) is 114 cm³/mol. The van der Waals surface area contributed by atoms with Crippen LogP contribution >= 0.6 is 12.4 Å². The molecule has 1 aromatic rings. The van der Waals surface area contributed by atoms with Crippen molar-refractivity contribution < 1.29 is 9.53 Å². The molecule has 1 aliphatic heterocycles. The summed E-state index contributed by atoms with van der Waals surface area (Å²) >= 11 is 0. The van der Waals surface area contributed by atoms with E-state index in [1.165, 1.54) is 64.5 Å². The summed E-state index contributed by atoms with van der Waals surface area (Å²) in [5.41, 5.74) is 1.11. The number of hydrogen-bond acceptors (Lipinski definition) is 3.